The maximum Gasteiger partial charge on any atom is 0.127 e. The van der Waals surface area contributed by atoms with Gasteiger partial charge in [-0.25, -0.2) is 0 Å². The van der Waals surface area contributed by atoms with Crippen LogP contribution in [0.15, 0.2) is 33.4 Å². The Bertz CT molecular complexity index is 591. The molecule has 3 nitrogen and oxygen atoms in total. The molecule has 0 bridgehead atoms. The number of rotatable bonds is 2. The fourth-order valence-electron chi connectivity index (χ4n) is 2.34. The number of nitrogens with two attached hydrogens (primary N) is 1. The molecule has 4 heteroatoms. The molecular weight excluding hydrogens is 294 g/mol. The fraction of sp³-hybridized carbons (Fsp3) is 0.286. The zero-order valence-electron chi connectivity index (χ0n) is 10.1. The summed E-state index contributed by atoms with van der Waals surface area (Å²) in [6.45, 7) is 2.65. The van der Waals surface area contributed by atoms with Crippen molar-refractivity contribution in [1.82, 2.24) is 0 Å². The van der Waals surface area contributed by atoms with E-state index < -0.39 is 0 Å². The molecule has 1 aliphatic heterocycles. The second-order valence-corrected chi connectivity index (χ2v) is 5.47. The third kappa shape index (κ3) is 1.95. The summed E-state index contributed by atoms with van der Waals surface area (Å²) in [5.74, 6) is 1.80. The van der Waals surface area contributed by atoms with E-state index in [2.05, 4.69) is 22.0 Å². The van der Waals surface area contributed by atoms with Crippen molar-refractivity contribution in [3.8, 4) is 5.75 Å². The molecule has 1 aliphatic rings. The second-order valence-electron chi connectivity index (χ2n) is 4.55. The summed E-state index contributed by atoms with van der Waals surface area (Å²) in [7, 11) is 0. The second kappa shape index (κ2) is 4.44. The highest BCUT2D eigenvalue weighted by Gasteiger charge is 2.23. The summed E-state index contributed by atoms with van der Waals surface area (Å²) in [4.78, 5) is 0. The summed E-state index contributed by atoms with van der Waals surface area (Å²) in [6.07, 6.45) is 2.65. The highest BCUT2D eigenvalue weighted by atomic mass is 79.9. The Kier molecular flexibility index (Phi) is 2.92. The minimum absolute atomic E-state index is 0.216. The van der Waals surface area contributed by atoms with Crippen molar-refractivity contribution < 1.29 is 9.15 Å². The predicted octanol–water partition coefficient (Wildman–Crippen LogP) is 3.33. The third-order valence-corrected chi connectivity index (χ3v) is 3.68. The molecule has 1 atom stereocenters. The van der Waals surface area contributed by atoms with Gasteiger partial charge in [-0.3, -0.25) is 0 Å². The standard InChI is InChI=1S/C14H14BrNO2/c1-8-4-10(7-18-8)13(16)12-6-11(15)5-9-2-3-17-14(9)12/h4-7,13H,2-3,16H2,1H3. The Hall–Kier alpha value is -1.26. The van der Waals surface area contributed by atoms with Crippen molar-refractivity contribution in [2.45, 2.75) is 19.4 Å². The number of ether oxygens (including phenoxy) is 1. The van der Waals surface area contributed by atoms with Crippen molar-refractivity contribution in [1.29, 1.82) is 0 Å². The van der Waals surface area contributed by atoms with Crippen molar-refractivity contribution in [3.05, 3.63) is 51.4 Å². The Labute approximate surface area is 114 Å². The average molecular weight is 308 g/mol. The SMILES string of the molecule is Cc1cc(C(N)c2cc(Br)cc3c2OCC3)co1. The van der Waals surface area contributed by atoms with Crippen LogP contribution in [0.2, 0.25) is 0 Å². The quantitative estimate of drug-likeness (QED) is 0.925. The molecule has 2 aromatic rings. The van der Waals surface area contributed by atoms with Gasteiger partial charge in [-0.1, -0.05) is 15.9 Å². The number of furan rings is 1. The van der Waals surface area contributed by atoms with E-state index in [-0.39, 0.29) is 6.04 Å². The van der Waals surface area contributed by atoms with Gasteiger partial charge in [0, 0.05) is 22.0 Å². The van der Waals surface area contributed by atoms with E-state index in [9.17, 15) is 0 Å². The minimum Gasteiger partial charge on any atom is -0.493 e. The molecule has 0 saturated heterocycles. The molecular formula is C14H14BrNO2. The van der Waals surface area contributed by atoms with E-state index in [0.29, 0.717) is 0 Å². The van der Waals surface area contributed by atoms with E-state index >= 15 is 0 Å². The van der Waals surface area contributed by atoms with Gasteiger partial charge in [0.25, 0.3) is 0 Å². The summed E-state index contributed by atoms with van der Waals surface area (Å²) in [6, 6.07) is 5.87. The minimum atomic E-state index is -0.216. The number of hydrogen-bond donors (Lipinski definition) is 1. The molecule has 0 saturated carbocycles. The maximum atomic E-state index is 6.31. The molecule has 1 aromatic carbocycles. The van der Waals surface area contributed by atoms with Gasteiger partial charge in [0.05, 0.1) is 18.9 Å². The molecule has 0 fully saturated rings. The molecule has 0 aliphatic carbocycles. The van der Waals surface area contributed by atoms with Gasteiger partial charge in [0.2, 0.25) is 0 Å². The van der Waals surface area contributed by atoms with Crippen LogP contribution in [0.25, 0.3) is 0 Å². The van der Waals surface area contributed by atoms with Gasteiger partial charge in [-0.2, -0.15) is 0 Å². The number of fused-ring (bicyclic) bond motifs is 1. The van der Waals surface area contributed by atoms with E-state index in [1.807, 2.05) is 19.1 Å². The zero-order valence-corrected chi connectivity index (χ0v) is 11.7. The fourth-order valence-corrected chi connectivity index (χ4v) is 2.86. The van der Waals surface area contributed by atoms with Crippen LogP contribution in [0.5, 0.6) is 5.75 Å². The van der Waals surface area contributed by atoms with Crippen molar-refractivity contribution in [3.63, 3.8) is 0 Å². The van der Waals surface area contributed by atoms with Crippen LogP contribution < -0.4 is 10.5 Å². The lowest BCUT2D eigenvalue weighted by Crippen LogP contribution is -2.12. The van der Waals surface area contributed by atoms with E-state index in [1.54, 1.807) is 6.26 Å². The summed E-state index contributed by atoms with van der Waals surface area (Å²) in [5.41, 5.74) is 9.52. The number of hydrogen-bond acceptors (Lipinski definition) is 3. The number of aryl methyl sites for hydroxylation is 1. The number of benzene rings is 1. The van der Waals surface area contributed by atoms with Gasteiger partial charge in [0.15, 0.2) is 0 Å². The lowest BCUT2D eigenvalue weighted by atomic mass is 9.98. The van der Waals surface area contributed by atoms with Crippen LogP contribution in [-0.4, -0.2) is 6.61 Å². The molecule has 18 heavy (non-hydrogen) atoms. The molecule has 2 N–H and O–H groups in total. The summed E-state index contributed by atoms with van der Waals surface area (Å²) >= 11 is 3.53. The largest absolute Gasteiger partial charge is 0.493 e. The van der Waals surface area contributed by atoms with Crippen LogP contribution in [0.4, 0.5) is 0 Å². The summed E-state index contributed by atoms with van der Waals surface area (Å²) < 4.78 is 12.1. The van der Waals surface area contributed by atoms with Crippen LogP contribution in [0.3, 0.4) is 0 Å². The van der Waals surface area contributed by atoms with Crippen LogP contribution >= 0.6 is 15.9 Å². The first kappa shape index (κ1) is 11.8. The first-order valence-corrected chi connectivity index (χ1v) is 6.70. The smallest absolute Gasteiger partial charge is 0.127 e. The Morgan fingerprint density at radius 1 is 1.33 bits per heavy atom. The topological polar surface area (TPSA) is 48.4 Å². The van der Waals surface area contributed by atoms with Crippen LogP contribution in [0, 0.1) is 6.92 Å². The van der Waals surface area contributed by atoms with E-state index in [4.69, 9.17) is 14.9 Å². The molecule has 94 valence electrons. The first-order valence-electron chi connectivity index (χ1n) is 5.91. The van der Waals surface area contributed by atoms with Crippen LogP contribution in [-0.2, 0) is 6.42 Å². The lowest BCUT2D eigenvalue weighted by molar-refractivity contribution is 0.352. The van der Waals surface area contributed by atoms with Crippen LogP contribution in [0.1, 0.15) is 28.5 Å². The van der Waals surface area contributed by atoms with Gasteiger partial charge in [0.1, 0.15) is 11.5 Å². The van der Waals surface area contributed by atoms with Crippen molar-refractivity contribution in [2.24, 2.45) is 5.73 Å². The zero-order chi connectivity index (χ0) is 12.7. The maximum absolute atomic E-state index is 6.31. The molecule has 2 heterocycles. The predicted molar refractivity (Wildman–Crippen MR) is 72.8 cm³/mol. The molecule has 0 radical (unpaired) electrons. The normalized spacial score (nSPS) is 15.3. The monoisotopic (exact) mass is 307 g/mol. The first-order chi connectivity index (χ1) is 8.65. The molecule has 3 rings (SSSR count). The van der Waals surface area contributed by atoms with Gasteiger partial charge in [-0.15, -0.1) is 0 Å². The molecule has 0 spiro atoms. The lowest BCUT2D eigenvalue weighted by Gasteiger charge is -2.14. The van der Waals surface area contributed by atoms with E-state index in [0.717, 1.165) is 40.1 Å². The molecule has 1 unspecified atom stereocenters. The number of halogens is 1. The Morgan fingerprint density at radius 3 is 2.89 bits per heavy atom. The molecule has 0 amide bonds. The average Bonchev–Trinajstić information content (AvgIpc) is 2.95. The van der Waals surface area contributed by atoms with Crippen molar-refractivity contribution >= 4 is 15.9 Å². The highest BCUT2D eigenvalue weighted by molar-refractivity contribution is 9.10. The van der Waals surface area contributed by atoms with Gasteiger partial charge in [-0.05, 0) is 30.7 Å². The van der Waals surface area contributed by atoms with Gasteiger partial charge < -0.3 is 14.9 Å². The highest BCUT2D eigenvalue weighted by Crippen LogP contribution is 2.37. The summed E-state index contributed by atoms with van der Waals surface area (Å²) in [5, 5.41) is 0. The Morgan fingerprint density at radius 2 is 2.17 bits per heavy atom. The Balaban J connectivity index is 2.06. The van der Waals surface area contributed by atoms with Crippen molar-refractivity contribution in [2.75, 3.05) is 6.61 Å². The third-order valence-electron chi connectivity index (χ3n) is 3.22. The van der Waals surface area contributed by atoms with Gasteiger partial charge >= 0.3 is 0 Å². The van der Waals surface area contributed by atoms with E-state index in [1.165, 1.54) is 5.56 Å². The molecule has 1 aromatic heterocycles.